The lowest BCUT2D eigenvalue weighted by Gasteiger charge is -2.12. The molecule has 11 heavy (non-hydrogen) atoms. The molecule has 0 amide bonds. The summed E-state index contributed by atoms with van der Waals surface area (Å²) in [6, 6.07) is -0.301. The van der Waals surface area contributed by atoms with Crippen LogP contribution in [-0.4, -0.2) is 56.1 Å². The largest absolute Gasteiger partial charge is 0.388 e. The number of hydrogen-bond acceptors (Lipinski definition) is 4. The average Bonchev–Trinajstić information content (AvgIpc) is 2.19. The SMILES string of the molecule is B[C@@H]1O[C@H](COC)C(O)C1O. The lowest BCUT2D eigenvalue weighted by Crippen LogP contribution is -2.34. The van der Waals surface area contributed by atoms with Crippen molar-refractivity contribution < 1.29 is 19.7 Å². The molecule has 4 atom stereocenters. The number of ether oxygens (including phenoxy) is 2. The van der Waals surface area contributed by atoms with Gasteiger partial charge in [0.05, 0.1) is 12.6 Å². The second-order valence-electron chi connectivity index (χ2n) is 2.82. The van der Waals surface area contributed by atoms with Gasteiger partial charge in [-0.1, -0.05) is 0 Å². The van der Waals surface area contributed by atoms with Gasteiger partial charge in [0.25, 0.3) is 0 Å². The van der Waals surface area contributed by atoms with Crippen LogP contribution in [0.3, 0.4) is 0 Å². The number of methoxy groups -OCH3 is 1. The molecule has 0 aromatic rings. The van der Waals surface area contributed by atoms with E-state index in [4.69, 9.17) is 9.47 Å². The molecule has 0 bridgehead atoms. The monoisotopic (exact) mass is 160 g/mol. The van der Waals surface area contributed by atoms with Gasteiger partial charge in [0, 0.05) is 7.11 Å². The molecule has 1 saturated heterocycles. The molecule has 2 unspecified atom stereocenters. The molecule has 0 radical (unpaired) electrons. The Morgan fingerprint density at radius 2 is 2.09 bits per heavy atom. The Hall–Kier alpha value is -0.0951. The fraction of sp³-hybridized carbons (Fsp3) is 1.00. The lowest BCUT2D eigenvalue weighted by atomic mass is 9.93. The molecule has 2 N–H and O–H groups in total. The van der Waals surface area contributed by atoms with Gasteiger partial charge in [-0.05, 0) is 0 Å². The zero-order chi connectivity index (χ0) is 8.43. The van der Waals surface area contributed by atoms with Crippen LogP contribution in [0.25, 0.3) is 0 Å². The molecule has 4 nitrogen and oxygen atoms in total. The highest BCUT2D eigenvalue weighted by Crippen LogP contribution is 2.18. The van der Waals surface area contributed by atoms with Crippen molar-refractivity contribution in [1.29, 1.82) is 0 Å². The van der Waals surface area contributed by atoms with Crippen molar-refractivity contribution in [3.8, 4) is 0 Å². The molecule has 1 aliphatic rings. The number of rotatable bonds is 2. The molecule has 1 aliphatic heterocycles. The molecule has 5 heteroatoms. The van der Waals surface area contributed by atoms with Gasteiger partial charge in [-0.3, -0.25) is 0 Å². The van der Waals surface area contributed by atoms with Crippen LogP contribution < -0.4 is 0 Å². The van der Waals surface area contributed by atoms with Gasteiger partial charge in [-0.15, -0.1) is 0 Å². The quantitative estimate of drug-likeness (QED) is 0.446. The van der Waals surface area contributed by atoms with E-state index >= 15 is 0 Å². The van der Waals surface area contributed by atoms with Gasteiger partial charge in [0.1, 0.15) is 26.2 Å². The highest BCUT2D eigenvalue weighted by Gasteiger charge is 2.39. The predicted octanol–water partition coefficient (Wildman–Crippen LogP) is -2.29. The normalized spacial score (nSPS) is 44.6. The Kier molecular flexibility index (Phi) is 2.89. The van der Waals surface area contributed by atoms with Crippen LogP contribution in [0.4, 0.5) is 0 Å². The molecule has 0 saturated carbocycles. The molecule has 64 valence electrons. The number of hydrogen-bond donors (Lipinski definition) is 2. The van der Waals surface area contributed by atoms with Gasteiger partial charge in [-0.2, -0.15) is 0 Å². The molecule has 1 heterocycles. The van der Waals surface area contributed by atoms with Gasteiger partial charge in [-0.25, -0.2) is 0 Å². The number of aliphatic hydroxyl groups excluding tert-OH is 2. The molecular formula is C6H13BO4. The van der Waals surface area contributed by atoms with E-state index in [-0.39, 0.29) is 12.1 Å². The Morgan fingerprint density at radius 1 is 1.45 bits per heavy atom. The molecule has 1 rings (SSSR count). The smallest absolute Gasteiger partial charge is 0.142 e. The maximum absolute atomic E-state index is 9.30. The van der Waals surface area contributed by atoms with E-state index in [0.29, 0.717) is 6.61 Å². The topological polar surface area (TPSA) is 58.9 Å². The molecule has 0 spiro atoms. The van der Waals surface area contributed by atoms with E-state index in [1.165, 1.54) is 7.11 Å². The van der Waals surface area contributed by atoms with Crippen molar-refractivity contribution in [2.75, 3.05) is 13.7 Å². The second-order valence-corrected chi connectivity index (χ2v) is 2.82. The van der Waals surface area contributed by atoms with Crippen LogP contribution in [0.15, 0.2) is 0 Å². The summed E-state index contributed by atoms with van der Waals surface area (Å²) < 4.78 is 10.00. The van der Waals surface area contributed by atoms with E-state index in [1.807, 2.05) is 0 Å². The lowest BCUT2D eigenvalue weighted by molar-refractivity contribution is -0.0210. The molecule has 1 fully saturated rings. The summed E-state index contributed by atoms with van der Waals surface area (Å²) in [7, 11) is 3.26. The third-order valence-electron chi connectivity index (χ3n) is 1.93. The van der Waals surface area contributed by atoms with Crippen molar-refractivity contribution in [2.45, 2.75) is 24.3 Å². The Morgan fingerprint density at radius 3 is 2.45 bits per heavy atom. The van der Waals surface area contributed by atoms with Crippen LogP contribution in [-0.2, 0) is 9.47 Å². The standard InChI is InChI=1S/C6H13BO4/c1-10-2-3-4(8)5(9)6(7)11-3/h3-6,8-9H,2,7H2,1H3/t3-,4?,5?,6-/m1/s1. The van der Waals surface area contributed by atoms with Gasteiger partial charge in [0.15, 0.2) is 0 Å². The third kappa shape index (κ3) is 1.73. The fourth-order valence-corrected chi connectivity index (χ4v) is 1.24. The minimum atomic E-state index is -0.815. The first kappa shape index (κ1) is 9.00. The maximum atomic E-state index is 9.30. The van der Waals surface area contributed by atoms with E-state index in [9.17, 15) is 10.2 Å². The van der Waals surface area contributed by atoms with Crippen LogP contribution in [0, 0.1) is 0 Å². The van der Waals surface area contributed by atoms with E-state index in [2.05, 4.69) is 0 Å². The molecular weight excluding hydrogens is 147 g/mol. The summed E-state index contributed by atoms with van der Waals surface area (Å²) in [5.41, 5.74) is 0. The second kappa shape index (κ2) is 3.54. The first-order valence-corrected chi connectivity index (χ1v) is 3.67. The van der Waals surface area contributed by atoms with Crippen molar-refractivity contribution in [3.63, 3.8) is 0 Å². The summed E-state index contributed by atoms with van der Waals surface area (Å²) >= 11 is 0. The zero-order valence-corrected chi connectivity index (χ0v) is 6.73. The fourth-order valence-electron chi connectivity index (χ4n) is 1.24. The Labute approximate surface area is 66.5 Å². The first-order valence-electron chi connectivity index (χ1n) is 3.67. The van der Waals surface area contributed by atoms with E-state index in [1.54, 1.807) is 7.85 Å². The van der Waals surface area contributed by atoms with Crippen molar-refractivity contribution in [2.24, 2.45) is 0 Å². The first-order chi connectivity index (χ1) is 5.16. The highest BCUT2D eigenvalue weighted by molar-refractivity contribution is 6.11. The van der Waals surface area contributed by atoms with Gasteiger partial charge >= 0.3 is 0 Å². The van der Waals surface area contributed by atoms with Crippen LogP contribution >= 0.6 is 0 Å². The van der Waals surface area contributed by atoms with Crippen molar-refractivity contribution >= 4 is 7.85 Å². The van der Waals surface area contributed by atoms with Crippen LogP contribution in [0.1, 0.15) is 0 Å². The summed E-state index contributed by atoms with van der Waals surface area (Å²) in [6.07, 6.45) is -1.98. The predicted molar refractivity (Wildman–Crippen MR) is 41.1 cm³/mol. The molecule has 0 aromatic carbocycles. The van der Waals surface area contributed by atoms with Crippen LogP contribution in [0.2, 0.25) is 0 Å². The van der Waals surface area contributed by atoms with Gasteiger partial charge < -0.3 is 19.7 Å². The number of aliphatic hydroxyl groups is 2. The minimum absolute atomic E-state index is 0.301. The Bertz CT molecular complexity index is 132. The average molecular weight is 160 g/mol. The maximum Gasteiger partial charge on any atom is 0.142 e. The summed E-state index contributed by atoms with van der Waals surface area (Å²) in [4.78, 5) is 0. The molecule has 0 aliphatic carbocycles. The third-order valence-corrected chi connectivity index (χ3v) is 1.93. The summed E-state index contributed by atoms with van der Waals surface area (Å²) in [6.45, 7) is 0.322. The minimum Gasteiger partial charge on any atom is -0.388 e. The van der Waals surface area contributed by atoms with Crippen molar-refractivity contribution in [1.82, 2.24) is 0 Å². The summed E-state index contributed by atoms with van der Waals surface area (Å²) in [5.74, 6) is 0. The van der Waals surface area contributed by atoms with E-state index in [0.717, 1.165) is 0 Å². The zero-order valence-electron chi connectivity index (χ0n) is 6.73. The van der Waals surface area contributed by atoms with Gasteiger partial charge in [0.2, 0.25) is 0 Å². The highest BCUT2D eigenvalue weighted by atomic mass is 16.6. The molecule has 0 aromatic heterocycles. The van der Waals surface area contributed by atoms with Crippen LogP contribution in [0.5, 0.6) is 0 Å². The van der Waals surface area contributed by atoms with E-state index < -0.39 is 12.2 Å². The summed E-state index contributed by atoms with van der Waals surface area (Å²) in [5, 5.41) is 18.5. The Balaban J connectivity index is 2.45. The van der Waals surface area contributed by atoms with Crippen molar-refractivity contribution in [3.05, 3.63) is 0 Å².